The van der Waals surface area contributed by atoms with Crippen molar-refractivity contribution in [2.45, 2.75) is 38.6 Å². The molecule has 2 aromatic rings. The smallest absolute Gasteiger partial charge is 0.264 e. The highest BCUT2D eigenvalue weighted by atomic mass is 32.1. The van der Waals surface area contributed by atoms with Crippen LogP contribution in [0.1, 0.15) is 40.2 Å². The fraction of sp³-hybridized carbons (Fsp3) is 0.500. The number of fused-ring (bicyclic) bond motifs is 2. The number of aryl methyl sites for hydroxylation is 3. The zero-order valence-corrected chi connectivity index (χ0v) is 12.4. The van der Waals surface area contributed by atoms with Crippen molar-refractivity contribution < 1.29 is 9.53 Å². The molecule has 1 N–H and O–H groups in total. The van der Waals surface area contributed by atoms with Crippen LogP contribution in [-0.4, -0.2) is 27.3 Å². The summed E-state index contributed by atoms with van der Waals surface area (Å²) in [7, 11) is 0. The topological polar surface area (TPSA) is 69.0 Å². The predicted molar refractivity (Wildman–Crippen MR) is 79.0 cm³/mol. The largest absolute Gasteiger partial charge is 0.477 e. The third-order valence-corrected chi connectivity index (χ3v) is 4.93. The lowest BCUT2D eigenvalue weighted by molar-refractivity contribution is 0.102. The number of anilines is 1. The molecule has 1 aliphatic carbocycles. The Kier molecular flexibility index (Phi) is 3.14. The van der Waals surface area contributed by atoms with Gasteiger partial charge in [0.15, 0.2) is 5.13 Å². The van der Waals surface area contributed by atoms with Gasteiger partial charge in [-0.05, 0) is 25.7 Å². The van der Waals surface area contributed by atoms with E-state index in [9.17, 15) is 4.79 Å². The first-order chi connectivity index (χ1) is 10.3. The second-order valence-corrected chi connectivity index (χ2v) is 6.42. The number of nitrogens with zero attached hydrogens (tertiary/aromatic N) is 3. The summed E-state index contributed by atoms with van der Waals surface area (Å²) in [6.07, 6.45) is 7.00. The van der Waals surface area contributed by atoms with Crippen LogP contribution < -0.4 is 10.1 Å². The average Bonchev–Trinajstić information content (AvgIpc) is 3.10. The van der Waals surface area contributed by atoms with Gasteiger partial charge in [0.1, 0.15) is 5.56 Å². The van der Waals surface area contributed by atoms with Gasteiger partial charge < -0.3 is 4.74 Å². The van der Waals surface area contributed by atoms with Crippen LogP contribution in [0.3, 0.4) is 0 Å². The van der Waals surface area contributed by atoms with E-state index < -0.39 is 0 Å². The van der Waals surface area contributed by atoms with Crippen LogP contribution in [0.25, 0.3) is 0 Å². The second kappa shape index (κ2) is 5.14. The Morgan fingerprint density at radius 2 is 2.24 bits per heavy atom. The maximum Gasteiger partial charge on any atom is 0.264 e. The van der Waals surface area contributed by atoms with Crippen LogP contribution in [0.5, 0.6) is 5.88 Å². The van der Waals surface area contributed by atoms with Crippen molar-refractivity contribution in [1.82, 2.24) is 14.8 Å². The number of amides is 1. The number of aromatic nitrogens is 3. The number of rotatable bonds is 2. The maximum absolute atomic E-state index is 12.4. The Balaban J connectivity index is 1.55. The molecule has 3 heterocycles. The van der Waals surface area contributed by atoms with E-state index in [0.717, 1.165) is 31.5 Å². The molecule has 0 saturated carbocycles. The van der Waals surface area contributed by atoms with Crippen molar-refractivity contribution >= 4 is 22.4 Å². The molecule has 0 aromatic carbocycles. The van der Waals surface area contributed by atoms with Gasteiger partial charge in [-0.3, -0.25) is 10.1 Å². The van der Waals surface area contributed by atoms with Gasteiger partial charge in [0, 0.05) is 17.8 Å². The lowest BCUT2D eigenvalue weighted by atomic mass is 10.0. The van der Waals surface area contributed by atoms with E-state index in [1.807, 2.05) is 0 Å². The van der Waals surface area contributed by atoms with Crippen LogP contribution in [0.15, 0.2) is 6.20 Å². The molecule has 1 aliphatic heterocycles. The van der Waals surface area contributed by atoms with Crippen molar-refractivity contribution in [3.05, 3.63) is 22.3 Å². The number of hydrogen-bond donors (Lipinski definition) is 1. The summed E-state index contributed by atoms with van der Waals surface area (Å²) in [4.78, 5) is 18.2. The van der Waals surface area contributed by atoms with Gasteiger partial charge in [0.25, 0.3) is 5.91 Å². The molecule has 4 rings (SSSR count). The zero-order chi connectivity index (χ0) is 14.2. The number of hydrogen-bond acceptors (Lipinski definition) is 5. The van der Waals surface area contributed by atoms with Crippen LogP contribution in [-0.2, 0) is 19.4 Å². The summed E-state index contributed by atoms with van der Waals surface area (Å²) in [5.41, 5.74) is 1.64. The van der Waals surface area contributed by atoms with Crippen molar-refractivity contribution in [2.24, 2.45) is 0 Å². The number of ether oxygens (including phenoxy) is 1. The molecule has 110 valence electrons. The Hall–Kier alpha value is -1.89. The standard InChI is InChI=1S/C14H16N4O2S/c19-12(9-8-15-18-6-3-7-20-13(9)18)17-14-16-10-4-1-2-5-11(10)21-14/h8H,1-7H2,(H,16,17,19). The number of thiazole rings is 1. The van der Waals surface area contributed by atoms with Gasteiger partial charge >= 0.3 is 0 Å². The molecule has 1 amide bonds. The molecule has 2 aromatic heterocycles. The molecule has 7 heteroatoms. The maximum atomic E-state index is 12.4. The van der Waals surface area contributed by atoms with Crippen LogP contribution in [0, 0.1) is 0 Å². The van der Waals surface area contributed by atoms with Crippen molar-refractivity contribution in [3.63, 3.8) is 0 Å². The van der Waals surface area contributed by atoms with E-state index in [-0.39, 0.29) is 5.91 Å². The minimum Gasteiger partial charge on any atom is -0.477 e. The molecule has 0 radical (unpaired) electrons. The van der Waals surface area contributed by atoms with E-state index in [4.69, 9.17) is 4.74 Å². The molecule has 0 fully saturated rings. The molecular weight excluding hydrogens is 288 g/mol. The Labute approximate surface area is 126 Å². The summed E-state index contributed by atoms with van der Waals surface area (Å²) in [5, 5.41) is 7.77. The van der Waals surface area contributed by atoms with Crippen LogP contribution >= 0.6 is 11.3 Å². The summed E-state index contributed by atoms with van der Waals surface area (Å²) >= 11 is 1.59. The highest BCUT2D eigenvalue weighted by Gasteiger charge is 2.23. The van der Waals surface area contributed by atoms with Crippen molar-refractivity contribution in [1.29, 1.82) is 0 Å². The molecule has 0 bridgehead atoms. The quantitative estimate of drug-likeness (QED) is 0.924. The molecule has 0 spiro atoms. The van der Waals surface area contributed by atoms with Crippen LogP contribution in [0.2, 0.25) is 0 Å². The highest BCUT2D eigenvalue weighted by Crippen LogP contribution is 2.30. The zero-order valence-electron chi connectivity index (χ0n) is 11.6. The summed E-state index contributed by atoms with van der Waals surface area (Å²) in [6.45, 7) is 1.44. The van der Waals surface area contributed by atoms with Gasteiger partial charge in [-0.15, -0.1) is 11.3 Å². The first kappa shape index (κ1) is 12.8. The third-order valence-electron chi connectivity index (χ3n) is 3.85. The number of carbonyl (C=O) groups is 1. The molecule has 21 heavy (non-hydrogen) atoms. The summed E-state index contributed by atoms with van der Waals surface area (Å²) in [5.74, 6) is 0.379. The molecular formula is C14H16N4O2S. The van der Waals surface area contributed by atoms with Crippen LogP contribution in [0.4, 0.5) is 5.13 Å². The number of nitrogens with one attached hydrogen (secondary N) is 1. The normalized spacial score (nSPS) is 16.8. The van der Waals surface area contributed by atoms with E-state index in [0.29, 0.717) is 23.2 Å². The molecule has 0 saturated heterocycles. The van der Waals surface area contributed by atoms with E-state index >= 15 is 0 Å². The lowest BCUT2D eigenvalue weighted by Crippen LogP contribution is -2.18. The SMILES string of the molecule is O=C(Nc1nc2c(s1)CCCC2)c1cnn2c1OCCC2. The first-order valence-corrected chi connectivity index (χ1v) is 8.11. The average molecular weight is 304 g/mol. The summed E-state index contributed by atoms with van der Waals surface area (Å²) < 4.78 is 7.30. The Morgan fingerprint density at radius 3 is 3.14 bits per heavy atom. The monoisotopic (exact) mass is 304 g/mol. The van der Waals surface area contributed by atoms with E-state index in [1.54, 1.807) is 22.2 Å². The van der Waals surface area contributed by atoms with Crippen molar-refractivity contribution in [3.8, 4) is 5.88 Å². The van der Waals surface area contributed by atoms with Gasteiger partial charge in [-0.2, -0.15) is 5.10 Å². The molecule has 0 atom stereocenters. The van der Waals surface area contributed by atoms with Gasteiger partial charge in [-0.25, -0.2) is 9.67 Å². The van der Waals surface area contributed by atoms with Gasteiger partial charge in [0.2, 0.25) is 5.88 Å². The molecule has 2 aliphatic rings. The van der Waals surface area contributed by atoms with E-state index in [1.165, 1.54) is 17.7 Å². The first-order valence-electron chi connectivity index (χ1n) is 7.30. The van der Waals surface area contributed by atoms with Gasteiger partial charge in [0.05, 0.1) is 18.5 Å². The predicted octanol–water partition coefficient (Wildman–Crippen LogP) is 2.25. The number of carbonyl (C=O) groups excluding carboxylic acids is 1. The molecule has 6 nitrogen and oxygen atoms in total. The van der Waals surface area contributed by atoms with Crippen molar-refractivity contribution in [2.75, 3.05) is 11.9 Å². The van der Waals surface area contributed by atoms with Gasteiger partial charge in [-0.1, -0.05) is 0 Å². The highest BCUT2D eigenvalue weighted by molar-refractivity contribution is 7.15. The van der Waals surface area contributed by atoms with E-state index in [2.05, 4.69) is 15.4 Å². The summed E-state index contributed by atoms with van der Waals surface area (Å²) in [6, 6.07) is 0. The minimum absolute atomic E-state index is 0.191. The fourth-order valence-corrected chi connectivity index (χ4v) is 3.84. The lowest BCUT2D eigenvalue weighted by Gasteiger charge is -2.15. The second-order valence-electron chi connectivity index (χ2n) is 5.34. The Bertz CT molecular complexity index is 668. The fourth-order valence-electron chi connectivity index (χ4n) is 2.79. The third kappa shape index (κ3) is 2.31. The molecule has 0 unspecified atom stereocenters. The minimum atomic E-state index is -0.191. The Morgan fingerprint density at radius 1 is 1.33 bits per heavy atom.